The summed E-state index contributed by atoms with van der Waals surface area (Å²) >= 11 is 3.48. The van der Waals surface area contributed by atoms with E-state index in [0.717, 1.165) is 22.0 Å². The molecule has 1 aromatic rings. The molecule has 1 atom stereocenters. The second-order valence-electron chi connectivity index (χ2n) is 3.69. The maximum atomic E-state index is 10.7. The Bertz CT molecular complexity index is 358. The van der Waals surface area contributed by atoms with Crippen molar-refractivity contribution in [2.75, 3.05) is 23.5 Å². The summed E-state index contributed by atoms with van der Waals surface area (Å²) in [5, 5.41) is 0.974. The first-order valence-corrected chi connectivity index (χ1v) is 6.92. The van der Waals surface area contributed by atoms with Gasteiger partial charge in [0.25, 0.3) is 0 Å². The van der Waals surface area contributed by atoms with Gasteiger partial charge in [-0.2, -0.15) is 11.8 Å². The molecule has 0 aromatic carbocycles. The van der Waals surface area contributed by atoms with E-state index >= 15 is 0 Å². The van der Waals surface area contributed by atoms with Gasteiger partial charge < -0.3 is 4.90 Å². The van der Waals surface area contributed by atoms with Crippen LogP contribution in [-0.2, 0) is 0 Å². The molecule has 0 amide bonds. The molecule has 1 aliphatic rings. The third-order valence-corrected chi connectivity index (χ3v) is 5.00. The van der Waals surface area contributed by atoms with Gasteiger partial charge in [-0.1, -0.05) is 11.3 Å². The molecule has 0 saturated carbocycles. The molecule has 2 heterocycles. The first kappa shape index (κ1) is 11.0. The van der Waals surface area contributed by atoms with Crippen LogP contribution in [0.5, 0.6) is 0 Å². The van der Waals surface area contributed by atoms with Gasteiger partial charge in [-0.05, 0) is 19.1 Å². The normalized spacial score (nSPS) is 20.5. The molecule has 1 aliphatic heterocycles. The van der Waals surface area contributed by atoms with E-state index in [-0.39, 0.29) is 0 Å². The van der Waals surface area contributed by atoms with Crippen LogP contribution in [0, 0.1) is 6.92 Å². The number of rotatable bonds is 3. The number of hydrogen-bond donors (Lipinski definition) is 0. The van der Waals surface area contributed by atoms with E-state index in [1.165, 1.54) is 29.3 Å². The van der Waals surface area contributed by atoms with Crippen molar-refractivity contribution in [3.8, 4) is 0 Å². The molecule has 3 nitrogen and oxygen atoms in total. The molecule has 82 valence electrons. The second kappa shape index (κ2) is 4.53. The molecule has 0 spiro atoms. The number of carbonyl (C=O) groups excluding carboxylic acids is 1. The van der Waals surface area contributed by atoms with Gasteiger partial charge in [0.1, 0.15) is 0 Å². The van der Waals surface area contributed by atoms with Gasteiger partial charge >= 0.3 is 0 Å². The van der Waals surface area contributed by atoms with E-state index in [2.05, 4.69) is 16.9 Å². The number of thioether (sulfide) groups is 1. The number of thiazole rings is 1. The Kier molecular flexibility index (Phi) is 3.31. The van der Waals surface area contributed by atoms with E-state index in [9.17, 15) is 4.79 Å². The van der Waals surface area contributed by atoms with Crippen molar-refractivity contribution < 1.29 is 4.79 Å². The summed E-state index contributed by atoms with van der Waals surface area (Å²) < 4.78 is 0. The van der Waals surface area contributed by atoms with Crippen LogP contribution in [0.4, 0.5) is 5.13 Å². The van der Waals surface area contributed by atoms with Gasteiger partial charge in [0.15, 0.2) is 11.4 Å². The van der Waals surface area contributed by atoms with Crippen LogP contribution >= 0.6 is 23.1 Å². The zero-order chi connectivity index (χ0) is 10.8. The zero-order valence-corrected chi connectivity index (χ0v) is 10.5. The SMILES string of the molecule is Cc1nc(N(C)C2CCSC2)sc1C=O. The zero-order valence-electron chi connectivity index (χ0n) is 8.90. The van der Waals surface area contributed by atoms with Crippen LogP contribution in [0.15, 0.2) is 0 Å². The molecule has 0 N–H and O–H groups in total. The topological polar surface area (TPSA) is 33.2 Å². The Balaban J connectivity index is 2.17. The van der Waals surface area contributed by atoms with Crippen LogP contribution in [0.3, 0.4) is 0 Å². The van der Waals surface area contributed by atoms with Gasteiger partial charge in [0.05, 0.1) is 10.6 Å². The van der Waals surface area contributed by atoms with Crippen molar-refractivity contribution in [2.45, 2.75) is 19.4 Å². The van der Waals surface area contributed by atoms with E-state index in [1.54, 1.807) is 0 Å². The van der Waals surface area contributed by atoms with Gasteiger partial charge in [-0.3, -0.25) is 4.79 Å². The highest BCUT2D eigenvalue weighted by atomic mass is 32.2. The van der Waals surface area contributed by atoms with Crippen molar-refractivity contribution >= 4 is 34.5 Å². The Morgan fingerprint density at radius 3 is 2.93 bits per heavy atom. The predicted molar refractivity (Wildman–Crippen MR) is 66.4 cm³/mol. The molecule has 1 aromatic heterocycles. The largest absolute Gasteiger partial charge is 0.347 e. The van der Waals surface area contributed by atoms with Crippen molar-refractivity contribution in [2.24, 2.45) is 0 Å². The van der Waals surface area contributed by atoms with Gasteiger partial charge in [-0.25, -0.2) is 4.98 Å². The molecule has 0 radical (unpaired) electrons. The first-order valence-electron chi connectivity index (χ1n) is 4.95. The molecular formula is C10H14N2OS2. The van der Waals surface area contributed by atoms with Crippen molar-refractivity contribution in [3.63, 3.8) is 0 Å². The summed E-state index contributed by atoms with van der Waals surface area (Å²) in [4.78, 5) is 18.1. The van der Waals surface area contributed by atoms with Crippen LogP contribution in [-0.4, -0.2) is 35.9 Å². The number of aryl methyl sites for hydroxylation is 1. The minimum absolute atomic E-state index is 0.583. The average molecular weight is 242 g/mol. The number of carbonyl (C=O) groups is 1. The van der Waals surface area contributed by atoms with Gasteiger partial charge in [0.2, 0.25) is 0 Å². The molecule has 0 bridgehead atoms. The average Bonchev–Trinajstić information content (AvgIpc) is 2.85. The maximum absolute atomic E-state index is 10.7. The lowest BCUT2D eigenvalue weighted by atomic mass is 10.2. The molecule has 15 heavy (non-hydrogen) atoms. The number of aromatic nitrogens is 1. The Morgan fingerprint density at radius 2 is 2.40 bits per heavy atom. The minimum Gasteiger partial charge on any atom is -0.347 e. The predicted octanol–water partition coefficient (Wildman–Crippen LogP) is 2.21. The van der Waals surface area contributed by atoms with E-state index in [0.29, 0.717) is 6.04 Å². The highest BCUT2D eigenvalue weighted by Crippen LogP contribution is 2.29. The summed E-state index contributed by atoms with van der Waals surface area (Å²) in [5.74, 6) is 2.41. The van der Waals surface area contributed by atoms with Gasteiger partial charge in [-0.15, -0.1) is 0 Å². The highest BCUT2D eigenvalue weighted by molar-refractivity contribution is 7.99. The molecule has 0 aliphatic carbocycles. The fourth-order valence-corrected chi connectivity index (χ4v) is 3.82. The molecule has 1 unspecified atom stereocenters. The molecule has 1 fully saturated rings. The first-order chi connectivity index (χ1) is 7.22. The van der Waals surface area contributed by atoms with Crippen LogP contribution in [0.25, 0.3) is 0 Å². The molecule has 5 heteroatoms. The second-order valence-corrected chi connectivity index (χ2v) is 5.85. The summed E-state index contributed by atoms with van der Waals surface area (Å²) in [6, 6.07) is 0.583. The summed E-state index contributed by atoms with van der Waals surface area (Å²) in [7, 11) is 2.07. The van der Waals surface area contributed by atoms with Crippen LogP contribution in [0.2, 0.25) is 0 Å². The van der Waals surface area contributed by atoms with Crippen molar-refractivity contribution in [1.29, 1.82) is 0 Å². The van der Waals surface area contributed by atoms with Crippen LogP contribution in [0.1, 0.15) is 21.8 Å². The van der Waals surface area contributed by atoms with Crippen LogP contribution < -0.4 is 4.90 Å². The molecule has 1 saturated heterocycles. The summed E-state index contributed by atoms with van der Waals surface area (Å²) in [6.07, 6.45) is 2.12. The maximum Gasteiger partial charge on any atom is 0.186 e. The molecule has 2 rings (SSSR count). The van der Waals surface area contributed by atoms with E-state index in [1.807, 2.05) is 18.7 Å². The summed E-state index contributed by atoms with van der Waals surface area (Å²) in [6.45, 7) is 1.89. The standard InChI is InChI=1S/C10H14N2OS2/c1-7-9(5-13)15-10(11-7)12(2)8-3-4-14-6-8/h5,8H,3-4,6H2,1-2H3. The minimum atomic E-state index is 0.583. The summed E-state index contributed by atoms with van der Waals surface area (Å²) in [5.41, 5.74) is 0.850. The van der Waals surface area contributed by atoms with Crippen molar-refractivity contribution in [3.05, 3.63) is 10.6 Å². The smallest absolute Gasteiger partial charge is 0.186 e. The Morgan fingerprint density at radius 1 is 1.60 bits per heavy atom. The third-order valence-electron chi connectivity index (χ3n) is 2.68. The fourth-order valence-electron chi connectivity index (χ4n) is 1.64. The Labute approximate surface area is 97.9 Å². The Hall–Kier alpha value is -0.550. The number of anilines is 1. The third kappa shape index (κ3) is 2.18. The fraction of sp³-hybridized carbons (Fsp3) is 0.600. The monoisotopic (exact) mass is 242 g/mol. The number of nitrogens with zero attached hydrogens (tertiary/aromatic N) is 2. The molecular weight excluding hydrogens is 228 g/mol. The van der Waals surface area contributed by atoms with Crippen molar-refractivity contribution in [1.82, 2.24) is 4.98 Å². The lowest BCUT2D eigenvalue weighted by Gasteiger charge is -2.22. The number of hydrogen-bond acceptors (Lipinski definition) is 5. The van der Waals surface area contributed by atoms with E-state index in [4.69, 9.17) is 0 Å². The number of aldehydes is 1. The lowest BCUT2D eigenvalue weighted by Crippen LogP contribution is -2.31. The lowest BCUT2D eigenvalue weighted by molar-refractivity contribution is 0.112. The van der Waals surface area contributed by atoms with E-state index < -0.39 is 0 Å². The highest BCUT2D eigenvalue weighted by Gasteiger charge is 2.22. The quantitative estimate of drug-likeness (QED) is 0.761. The van der Waals surface area contributed by atoms with Gasteiger partial charge in [0, 0.05) is 18.8 Å².